The van der Waals surface area contributed by atoms with Crippen molar-refractivity contribution in [2.45, 2.75) is 13.5 Å². The highest BCUT2D eigenvalue weighted by molar-refractivity contribution is 7.13. The van der Waals surface area contributed by atoms with Gasteiger partial charge < -0.3 is 9.15 Å². The third-order valence-corrected chi connectivity index (χ3v) is 5.36. The largest absolute Gasteiger partial charge is 0.481 e. The molecule has 0 saturated carbocycles. The smallest absolute Gasteiger partial charge is 0.235 e. The molecule has 130 valence electrons. The maximum Gasteiger partial charge on any atom is 0.235 e. The molecular weight excluding hydrogens is 368 g/mol. The molecule has 0 radical (unpaired) electrons. The molecule has 4 rings (SSSR count). The Morgan fingerprint density at radius 2 is 1.92 bits per heavy atom. The van der Waals surface area contributed by atoms with Crippen LogP contribution in [0, 0.1) is 6.92 Å². The predicted octanol–water partition coefficient (Wildman–Crippen LogP) is 6.06. The Bertz CT molecular complexity index is 1130. The second-order valence-corrected chi connectivity index (χ2v) is 7.29. The minimum atomic E-state index is -0.215. The average Bonchev–Trinajstić information content (AvgIpc) is 3.08. The van der Waals surface area contributed by atoms with Gasteiger partial charge in [-0.2, -0.15) is 0 Å². The van der Waals surface area contributed by atoms with Crippen molar-refractivity contribution in [3.8, 4) is 16.4 Å². The molecule has 0 amide bonds. The Labute approximate surface area is 159 Å². The van der Waals surface area contributed by atoms with Crippen LogP contribution in [0.1, 0.15) is 11.1 Å². The van der Waals surface area contributed by atoms with E-state index in [0.29, 0.717) is 21.8 Å². The van der Waals surface area contributed by atoms with Crippen molar-refractivity contribution in [2.75, 3.05) is 0 Å². The van der Waals surface area contributed by atoms with Crippen LogP contribution in [0.4, 0.5) is 0 Å². The van der Waals surface area contributed by atoms with E-state index in [9.17, 15) is 4.79 Å². The van der Waals surface area contributed by atoms with Gasteiger partial charge >= 0.3 is 0 Å². The number of halogens is 1. The zero-order valence-corrected chi connectivity index (χ0v) is 15.6. The van der Waals surface area contributed by atoms with Gasteiger partial charge in [0.15, 0.2) is 5.76 Å². The van der Waals surface area contributed by atoms with Crippen LogP contribution in [0.15, 0.2) is 69.2 Å². The van der Waals surface area contributed by atoms with E-state index in [1.165, 1.54) is 11.3 Å². The van der Waals surface area contributed by atoms with E-state index >= 15 is 0 Å². The molecule has 5 heteroatoms. The third-order valence-electron chi connectivity index (χ3n) is 4.11. The highest BCUT2D eigenvalue weighted by atomic mass is 35.5. The minimum absolute atomic E-state index is 0.215. The van der Waals surface area contributed by atoms with Gasteiger partial charge in [0.25, 0.3) is 0 Å². The van der Waals surface area contributed by atoms with Crippen LogP contribution in [-0.4, -0.2) is 0 Å². The molecular formula is C21H15ClO3S. The molecule has 0 aliphatic rings. The second-order valence-electron chi connectivity index (χ2n) is 5.94. The first-order chi connectivity index (χ1) is 12.6. The van der Waals surface area contributed by atoms with E-state index in [2.05, 4.69) is 0 Å². The summed E-state index contributed by atoms with van der Waals surface area (Å²) in [5.41, 5.74) is 2.30. The predicted molar refractivity (Wildman–Crippen MR) is 106 cm³/mol. The number of rotatable bonds is 4. The Kier molecular flexibility index (Phi) is 4.53. The first-order valence-corrected chi connectivity index (χ1v) is 9.37. The van der Waals surface area contributed by atoms with Crippen molar-refractivity contribution < 1.29 is 9.15 Å². The maximum atomic E-state index is 13.1. The highest BCUT2D eigenvalue weighted by Crippen LogP contribution is 2.37. The average molecular weight is 383 g/mol. The number of fused-ring (bicyclic) bond motifs is 1. The van der Waals surface area contributed by atoms with Gasteiger partial charge in [-0.25, -0.2) is 0 Å². The minimum Gasteiger partial charge on any atom is -0.481 e. The fourth-order valence-corrected chi connectivity index (χ4v) is 3.84. The van der Waals surface area contributed by atoms with Gasteiger partial charge in [-0.3, -0.25) is 4.79 Å². The van der Waals surface area contributed by atoms with Gasteiger partial charge in [-0.15, -0.1) is 11.3 Å². The first-order valence-electron chi connectivity index (χ1n) is 8.11. The SMILES string of the molecule is Cc1ccsc1-c1oc2ccc(Cl)cc2c(=O)c1OCc1ccccc1. The summed E-state index contributed by atoms with van der Waals surface area (Å²) in [5, 5.41) is 2.87. The summed E-state index contributed by atoms with van der Waals surface area (Å²) in [6, 6.07) is 16.8. The van der Waals surface area contributed by atoms with E-state index in [-0.39, 0.29) is 17.8 Å². The fourth-order valence-electron chi connectivity index (χ4n) is 2.77. The highest BCUT2D eigenvalue weighted by Gasteiger charge is 2.20. The molecule has 0 N–H and O–H groups in total. The summed E-state index contributed by atoms with van der Waals surface area (Å²) in [6.45, 7) is 2.27. The molecule has 0 aliphatic carbocycles. The number of aryl methyl sites for hydroxylation is 1. The lowest BCUT2D eigenvalue weighted by Crippen LogP contribution is -2.10. The zero-order chi connectivity index (χ0) is 18.1. The monoisotopic (exact) mass is 382 g/mol. The Balaban J connectivity index is 1.88. The number of ether oxygens (including phenoxy) is 1. The van der Waals surface area contributed by atoms with Crippen molar-refractivity contribution in [3.05, 3.63) is 86.4 Å². The number of thiophene rings is 1. The summed E-state index contributed by atoms with van der Waals surface area (Å²) in [7, 11) is 0. The molecule has 0 saturated heterocycles. The molecule has 0 spiro atoms. The molecule has 26 heavy (non-hydrogen) atoms. The van der Waals surface area contributed by atoms with Crippen molar-refractivity contribution in [2.24, 2.45) is 0 Å². The van der Waals surface area contributed by atoms with E-state index in [4.69, 9.17) is 20.8 Å². The molecule has 0 aliphatic heterocycles. The Morgan fingerprint density at radius 1 is 1.12 bits per heavy atom. The van der Waals surface area contributed by atoms with Crippen LogP contribution in [0.3, 0.4) is 0 Å². The lowest BCUT2D eigenvalue weighted by molar-refractivity contribution is 0.298. The van der Waals surface area contributed by atoms with Gasteiger partial charge in [0.05, 0.1) is 10.3 Å². The van der Waals surface area contributed by atoms with Crippen LogP contribution in [0.5, 0.6) is 5.75 Å². The topological polar surface area (TPSA) is 39.4 Å². The van der Waals surface area contributed by atoms with E-state index < -0.39 is 0 Å². The standard InChI is InChI=1S/C21H15ClO3S/c1-13-9-10-26-21(13)20-19(24-12-14-5-3-2-4-6-14)18(23)16-11-15(22)7-8-17(16)25-20/h2-11H,12H2,1H3. The summed E-state index contributed by atoms with van der Waals surface area (Å²) < 4.78 is 12.0. The van der Waals surface area contributed by atoms with Gasteiger partial charge in [-0.1, -0.05) is 41.9 Å². The zero-order valence-electron chi connectivity index (χ0n) is 14.0. The van der Waals surface area contributed by atoms with Gasteiger partial charge in [0, 0.05) is 5.02 Å². The molecule has 2 heterocycles. The van der Waals surface area contributed by atoms with E-state index in [1.54, 1.807) is 18.2 Å². The number of hydrogen-bond acceptors (Lipinski definition) is 4. The van der Waals surface area contributed by atoms with Crippen molar-refractivity contribution in [1.82, 2.24) is 0 Å². The third kappa shape index (κ3) is 3.14. The molecule has 4 aromatic rings. The number of benzene rings is 2. The maximum absolute atomic E-state index is 13.1. The molecule has 2 aromatic heterocycles. The molecule has 2 aromatic carbocycles. The van der Waals surface area contributed by atoms with Gasteiger partial charge in [0.2, 0.25) is 11.2 Å². The fraction of sp³-hybridized carbons (Fsp3) is 0.0952. The van der Waals surface area contributed by atoms with Crippen LogP contribution in [0.2, 0.25) is 5.02 Å². The van der Waals surface area contributed by atoms with Crippen LogP contribution in [-0.2, 0) is 6.61 Å². The summed E-state index contributed by atoms with van der Waals surface area (Å²) in [5.74, 6) is 0.683. The molecule has 0 bridgehead atoms. The second kappa shape index (κ2) is 6.98. The van der Waals surface area contributed by atoms with Crippen LogP contribution in [0.25, 0.3) is 21.6 Å². The number of hydrogen-bond donors (Lipinski definition) is 0. The lowest BCUT2D eigenvalue weighted by Gasteiger charge is -2.11. The molecule has 3 nitrogen and oxygen atoms in total. The summed E-state index contributed by atoms with van der Waals surface area (Å²) >= 11 is 7.58. The van der Waals surface area contributed by atoms with E-state index in [1.807, 2.05) is 48.7 Å². The van der Waals surface area contributed by atoms with Crippen molar-refractivity contribution in [1.29, 1.82) is 0 Å². The Morgan fingerprint density at radius 3 is 2.65 bits per heavy atom. The van der Waals surface area contributed by atoms with Crippen molar-refractivity contribution >= 4 is 33.9 Å². The first kappa shape index (κ1) is 16.9. The molecule has 0 unspecified atom stereocenters. The van der Waals surface area contributed by atoms with Crippen LogP contribution >= 0.6 is 22.9 Å². The lowest BCUT2D eigenvalue weighted by atomic mass is 10.1. The quantitative estimate of drug-likeness (QED) is 0.430. The normalized spacial score (nSPS) is 11.0. The van der Waals surface area contributed by atoms with Crippen LogP contribution < -0.4 is 10.2 Å². The molecule has 0 fully saturated rings. The summed E-state index contributed by atoms with van der Waals surface area (Å²) in [4.78, 5) is 14.0. The Hall–Kier alpha value is -2.56. The van der Waals surface area contributed by atoms with Gasteiger partial charge in [-0.05, 0) is 47.7 Å². The van der Waals surface area contributed by atoms with E-state index in [0.717, 1.165) is 16.0 Å². The summed E-state index contributed by atoms with van der Waals surface area (Å²) in [6.07, 6.45) is 0. The molecule has 0 atom stereocenters. The van der Waals surface area contributed by atoms with Crippen molar-refractivity contribution in [3.63, 3.8) is 0 Å². The van der Waals surface area contributed by atoms with Gasteiger partial charge in [0.1, 0.15) is 12.2 Å².